The molecule has 0 amide bonds. The SMILES string of the molecule is CCC(C)c1cccc(C(C)C2CC2)c1OC(C)(C)C. The van der Waals surface area contributed by atoms with Crippen molar-refractivity contribution >= 4 is 0 Å². The zero-order valence-electron chi connectivity index (χ0n) is 14.0. The van der Waals surface area contributed by atoms with Gasteiger partial charge < -0.3 is 4.74 Å². The first-order chi connectivity index (χ1) is 9.33. The monoisotopic (exact) mass is 274 g/mol. The molecule has 1 saturated carbocycles. The van der Waals surface area contributed by atoms with Crippen LogP contribution in [0, 0.1) is 5.92 Å². The summed E-state index contributed by atoms with van der Waals surface area (Å²) in [5.41, 5.74) is 2.66. The quantitative estimate of drug-likeness (QED) is 0.650. The minimum absolute atomic E-state index is 0.137. The average molecular weight is 274 g/mol. The highest BCUT2D eigenvalue weighted by atomic mass is 16.5. The van der Waals surface area contributed by atoms with E-state index in [2.05, 4.69) is 59.7 Å². The molecule has 0 heterocycles. The van der Waals surface area contributed by atoms with Crippen LogP contribution >= 0.6 is 0 Å². The molecule has 0 N–H and O–H groups in total. The Kier molecular flexibility index (Phi) is 4.46. The molecule has 0 spiro atoms. The van der Waals surface area contributed by atoms with Gasteiger partial charge in [0.1, 0.15) is 11.4 Å². The van der Waals surface area contributed by atoms with E-state index in [0.717, 1.165) is 18.1 Å². The molecular formula is C19H30O. The van der Waals surface area contributed by atoms with Crippen LogP contribution in [-0.2, 0) is 0 Å². The van der Waals surface area contributed by atoms with Crippen LogP contribution in [0.25, 0.3) is 0 Å². The maximum atomic E-state index is 6.39. The molecule has 1 fully saturated rings. The predicted molar refractivity (Wildman–Crippen MR) is 86.7 cm³/mol. The number of rotatable bonds is 5. The van der Waals surface area contributed by atoms with E-state index in [0.29, 0.717) is 11.8 Å². The van der Waals surface area contributed by atoms with Crippen LogP contribution < -0.4 is 4.74 Å². The van der Waals surface area contributed by atoms with Crippen molar-refractivity contribution in [1.29, 1.82) is 0 Å². The summed E-state index contributed by atoms with van der Waals surface area (Å²) in [4.78, 5) is 0. The average Bonchev–Trinajstić information content (AvgIpc) is 3.19. The number of benzene rings is 1. The Balaban J connectivity index is 2.43. The fourth-order valence-corrected chi connectivity index (χ4v) is 2.81. The largest absolute Gasteiger partial charge is 0.488 e. The van der Waals surface area contributed by atoms with Gasteiger partial charge >= 0.3 is 0 Å². The van der Waals surface area contributed by atoms with Crippen LogP contribution in [0.4, 0.5) is 0 Å². The molecule has 2 atom stereocenters. The first-order valence-electron chi connectivity index (χ1n) is 8.15. The molecule has 20 heavy (non-hydrogen) atoms. The van der Waals surface area contributed by atoms with E-state index in [1.807, 2.05) is 0 Å². The molecule has 0 bridgehead atoms. The third-order valence-electron chi connectivity index (χ3n) is 4.45. The van der Waals surface area contributed by atoms with Crippen molar-refractivity contribution in [2.45, 2.75) is 78.2 Å². The summed E-state index contributed by atoms with van der Waals surface area (Å²) in [5.74, 6) is 3.20. The second-order valence-electron chi connectivity index (χ2n) is 7.42. The Morgan fingerprint density at radius 2 is 1.75 bits per heavy atom. The van der Waals surface area contributed by atoms with Crippen molar-refractivity contribution in [2.24, 2.45) is 5.92 Å². The molecule has 1 aliphatic carbocycles. The number of ether oxygens (including phenoxy) is 1. The normalized spacial score (nSPS) is 18.7. The highest BCUT2D eigenvalue weighted by Gasteiger charge is 2.32. The smallest absolute Gasteiger partial charge is 0.127 e. The highest BCUT2D eigenvalue weighted by molar-refractivity contribution is 5.46. The zero-order chi connectivity index (χ0) is 14.9. The Labute approximate surface area is 124 Å². The van der Waals surface area contributed by atoms with Gasteiger partial charge in [-0.1, -0.05) is 39.0 Å². The maximum absolute atomic E-state index is 6.39. The molecule has 112 valence electrons. The fourth-order valence-electron chi connectivity index (χ4n) is 2.81. The Morgan fingerprint density at radius 3 is 2.25 bits per heavy atom. The van der Waals surface area contributed by atoms with Gasteiger partial charge in [-0.2, -0.15) is 0 Å². The maximum Gasteiger partial charge on any atom is 0.127 e. The van der Waals surface area contributed by atoms with Gasteiger partial charge in [-0.05, 0) is 68.9 Å². The number of hydrogen-bond acceptors (Lipinski definition) is 1. The molecule has 0 aromatic heterocycles. The highest BCUT2D eigenvalue weighted by Crippen LogP contribution is 2.47. The summed E-state index contributed by atoms with van der Waals surface area (Å²) in [7, 11) is 0. The van der Waals surface area contributed by atoms with Crippen molar-refractivity contribution in [3.05, 3.63) is 29.3 Å². The first-order valence-corrected chi connectivity index (χ1v) is 8.15. The van der Waals surface area contributed by atoms with E-state index >= 15 is 0 Å². The lowest BCUT2D eigenvalue weighted by Crippen LogP contribution is -2.25. The molecule has 0 radical (unpaired) electrons. The summed E-state index contributed by atoms with van der Waals surface area (Å²) in [6, 6.07) is 6.74. The standard InChI is InChI=1S/C19H30O/c1-7-13(2)16-9-8-10-17(14(3)15-11-12-15)18(16)20-19(4,5)6/h8-10,13-15H,7,11-12H2,1-6H3. The van der Waals surface area contributed by atoms with Crippen LogP contribution in [0.15, 0.2) is 18.2 Å². The summed E-state index contributed by atoms with van der Waals surface area (Å²) >= 11 is 0. The summed E-state index contributed by atoms with van der Waals surface area (Å²) < 4.78 is 6.39. The lowest BCUT2D eigenvalue weighted by atomic mass is 9.89. The molecule has 1 heteroatoms. The first kappa shape index (κ1) is 15.4. The lowest BCUT2D eigenvalue weighted by Gasteiger charge is -2.29. The number of para-hydroxylation sites is 1. The van der Waals surface area contributed by atoms with Crippen LogP contribution in [0.1, 0.15) is 83.8 Å². The summed E-state index contributed by atoms with van der Waals surface area (Å²) in [5, 5.41) is 0. The number of hydrogen-bond donors (Lipinski definition) is 0. The van der Waals surface area contributed by atoms with Crippen molar-refractivity contribution in [1.82, 2.24) is 0 Å². The van der Waals surface area contributed by atoms with Gasteiger partial charge in [0.15, 0.2) is 0 Å². The van der Waals surface area contributed by atoms with Gasteiger partial charge in [-0.25, -0.2) is 0 Å². The summed E-state index contributed by atoms with van der Waals surface area (Å²) in [6.07, 6.45) is 3.91. The van der Waals surface area contributed by atoms with Gasteiger partial charge in [-0.3, -0.25) is 0 Å². The van der Waals surface area contributed by atoms with Crippen LogP contribution in [0.5, 0.6) is 5.75 Å². The molecule has 0 saturated heterocycles. The molecule has 2 rings (SSSR count). The zero-order valence-corrected chi connectivity index (χ0v) is 14.0. The molecular weight excluding hydrogens is 244 g/mol. The third-order valence-corrected chi connectivity index (χ3v) is 4.45. The molecule has 1 aromatic rings. The minimum atomic E-state index is -0.137. The second kappa shape index (κ2) is 5.79. The van der Waals surface area contributed by atoms with E-state index in [1.54, 1.807) is 0 Å². The molecule has 1 aromatic carbocycles. The lowest BCUT2D eigenvalue weighted by molar-refractivity contribution is 0.126. The van der Waals surface area contributed by atoms with Crippen LogP contribution in [0.3, 0.4) is 0 Å². The van der Waals surface area contributed by atoms with E-state index in [1.165, 1.54) is 24.0 Å². The predicted octanol–water partition coefficient (Wildman–Crippen LogP) is 5.89. The molecule has 0 aliphatic heterocycles. The van der Waals surface area contributed by atoms with E-state index in [9.17, 15) is 0 Å². The van der Waals surface area contributed by atoms with Crippen LogP contribution in [-0.4, -0.2) is 5.60 Å². The van der Waals surface area contributed by atoms with Crippen molar-refractivity contribution in [2.75, 3.05) is 0 Å². The van der Waals surface area contributed by atoms with Gasteiger partial charge in [0.25, 0.3) is 0 Å². The third kappa shape index (κ3) is 3.56. The van der Waals surface area contributed by atoms with Gasteiger partial charge in [0.2, 0.25) is 0 Å². The Morgan fingerprint density at radius 1 is 1.15 bits per heavy atom. The van der Waals surface area contributed by atoms with Crippen molar-refractivity contribution < 1.29 is 4.74 Å². The second-order valence-corrected chi connectivity index (χ2v) is 7.42. The van der Waals surface area contributed by atoms with E-state index in [-0.39, 0.29) is 5.60 Å². The summed E-state index contributed by atoms with van der Waals surface area (Å²) in [6.45, 7) is 13.4. The molecule has 1 aliphatic rings. The van der Waals surface area contributed by atoms with E-state index < -0.39 is 0 Å². The van der Waals surface area contributed by atoms with Crippen LogP contribution in [0.2, 0.25) is 0 Å². The van der Waals surface area contributed by atoms with E-state index in [4.69, 9.17) is 4.74 Å². The van der Waals surface area contributed by atoms with Gasteiger partial charge in [0.05, 0.1) is 0 Å². The fraction of sp³-hybridized carbons (Fsp3) is 0.684. The van der Waals surface area contributed by atoms with Crippen molar-refractivity contribution in [3.8, 4) is 5.75 Å². The minimum Gasteiger partial charge on any atom is -0.488 e. The topological polar surface area (TPSA) is 9.23 Å². The van der Waals surface area contributed by atoms with Crippen molar-refractivity contribution in [3.63, 3.8) is 0 Å². The van der Waals surface area contributed by atoms with Gasteiger partial charge in [-0.15, -0.1) is 0 Å². The Bertz CT molecular complexity index is 451. The molecule has 1 nitrogen and oxygen atoms in total. The Hall–Kier alpha value is -0.980. The molecule has 2 unspecified atom stereocenters. The van der Waals surface area contributed by atoms with Gasteiger partial charge in [0, 0.05) is 0 Å².